The highest BCUT2D eigenvalue weighted by Crippen LogP contribution is 2.14. The van der Waals surface area contributed by atoms with Gasteiger partial charge in [-0.15, -0.1) is 0 Å². The molecule has 0 aliphatic heterocycles. The van der Waals surface area contributed by atoms with Gasteiger partial charge in [0.25, 0.3) is 0 Å². The SMILES string of the molecule is CC/C=C\C/C=C\C/C=C\C/C=C\CCCCC(=O)OCC(COC(=O)CCCCCCCC)OC(=O)CCCCCCCCCCCCCCC. The van der Waals surface area contributed by atoms with Gasteiger partial charge < -0.3 is 14.2 Å². The van der Waals surface area contributed by atoms with E-state index in [1.165, 1.54) is 83.5 Å². The Labute approximate surface area is 320 Å². The van der Waals surface area contributed by atoms with Gasteiger partial charge in [0.15, 0.2) is 6.10 Å². The molecule has 0 radical (unpaired) electrons. The van der Waals surface area contributed by atoms with Gasteiger partial charge >= 0.3 is 17.9 Å². The van der Waals surface area contributed by atoms with E-state index in [9.17, 15) is 14.4 Å². The number of hydrogen-bond acceptors (Lipinski definition) is 6. The van der Waals surface area contributed by atoms with Crippen LogP contribution in [0.4, 0.5) is 0 Å². The molecule has 0 amide bonds. The quantitative estimate of drug-likeness (QED) is 0.0272. The van der Waals surface area contributed by atoms with Gasteiger partial charge in [-0.25, -0.2) is 0 Å². The lowest BCUT2D eigenvalue weighted by Crippen LogP contribution is -2.30. The molecule has 0 saturated carbocycles. The molecule has 6 heteroatoms. The molecule has 52 heavy (non-hydrogen) atoms. The number of ether oxygens (including phenoxy) is 3. The van der Waals surface area contributed by atoms with Crippen LogP contribution < -0.4 is 0 Å². The maximum atomic E-state index is 12.7. The van der Waals surface area contributed by atoms with Gasteiger partial charge in [-0.3, -0.25) is 14.4 Å². The lowest BCUT2D eigenvalue weighted by atomic mass is 10.0. The maximum Gasteiger partial charge on any atom is 0.306 e. The highest BCUT2D eigenvalue weighted by Gasteiger charge is 2.19. The van der Waals surface area contributed by atoms with Gasteiger partial charge in [0.2, 0.25) is 0 Å². The highest BCUT2D eigenvalue weighted by atomic mass is 16.6. The molecule has 0 aromatic heterocycles. The minimum Gasteiger partial charge on any atom is -0.462 e. The second-order valence-electron chi connectivity index (χ2n) is 14.2. The largest absolute Gasteiger partial charge is 0.462 e. The van der Waals surface area contributed by atoms with Gasteiger partial charge in [-0.2, -0.15) is 0 Å². The third-order valence-electron chi connectivity index (χ3n) is 9.10. The summed E-state index contributed by atoms with van der Waals surface area (Å²) >= 11 is 0. The minimum absolute atomic E-state index is 0.0852. The molecular formula is C46H80O6. The zero-order valence-electron chi connectivity index (χ0n) is 34.1. The Morgan fingerprint density at radius 2 is 0.750 bits per heavy atom. The van der Waals surface area contributed by atoms with Crippen molar-refractivity contribution in [1.82, 2.24) is 0 Å². The fraction of sp³-hybridized carbons (Fsp3) is 0.761. The number of carbonyl (C=O) groups is 3. The third-order valence-corrected chi connectivity index (χ3v) is 9.10. The Bertz CT molecular complexity index is 933. The lowest BCUT2D eigenvalue weighted by Gasteiger charge is -2.18. The lowest BCUT2D eigenvalue weighted by molar-refractivity contribution is -0.167. The molecule has 1 atom stereocenters. The van der Waals surface area contributed by atoms with E-state index in [0.717, 1.165) is 83.5 Å². The van der Waals surface area contributed by atoms with Crippen molar-refractivity contribution in [2.75, 3.05) is 13.2 Å². The molecular weight excluding hydrogens is 648 g/mol. The van der Waals surface area contributed by atoms with Crippen LogP contribution in [0.2, 0.25) is 0 Å². The molecule has 0 rings (SSSR count). The van der Waals surface area contributed by atoms with Crippen molar-refractivity contribution < 1.29 is 28.6 Å². The molecule has 0 saturated heterocycles. The van der Waals surface area contributed by atoms with Crippen LogP contribution in [0.15, 0.2) is 48.6 Å². The van der Waals surface area contributed by atoms with Crippen LogP contribution in [0.25, 0.3) is 0 Å². The summed E-state index contributed by atoms with van der Waals surface area (Å²) in [5.41, 5.74) is 0. The van der Waals surface area contributed by atoms with Gasteiger partial charge in [-0.1, -0.05) is 179 Å². The Hall–Kier alpha value is -2.63. The molecule has 1 unspecified atom stereocenters. The number of allylic oxidation sites excluding steroid dienone is 8. The molecule has 0 aromatic rings. The van der Waals surface area contributed by atoms with Gasteiger partial charge in [-0.05, 0) is 57.8 Å². The summed E-state index contributed by atoms with van der Waals surface area (Å²) in [6.45, 7) is 6.41. The molecule has 0 spiro atoms. The first-order valence-corrected chi connectivity index (χ1v) is 21.6. The number of esters is 3. The van der Waals surface area contributed by atoms with Crippen molar-refractivity contribution in [3.05, 3.63) is 48.6 Å². The van der Waals surface area contributed by atoms with E-state index < -0.39 is 6.10 Å². The molecule has 0 aromatic carbocycles. The zero-order chi connectivity index (χ0) is 38.0. The van der Waals surface area contributed by atoms with E-state index in [0.29, 0.717) is 19.3 Å². The Kier molecular flexibility index (Phi) is 39.1. The van der Waals surface area contributed by atoms with E-state index in [2.05, 4.69) is 69.4 Å². The van der Waals surface area contributed by atoms with Crippen molar-refractivity contribution >= 4 is 17.9 Å². The fourth-order valence-electron chi connectivity index (χ4n) is 5.84. The average molecular weight is 729 g/mol. The Balaban J connectivity index is 4.36. The van der Waals surface area contributed by atoms with Gasteiger partial charge in [0, 0.05) is 19.3 Å². The summed E-state index contributed by atoms with van der Waals surface area (Å²) in [5.74, 6) is -0.940. The second kappa shape index (κ2) is 41.1. The van der Waals surface area contributed by atoms with E-state index in [1.807, 2.05) is 0 Å². The monoisotopic (exact) mass is 729 g/mol. The smallest absolute Gasteiger partial charge is 0.306 e. The van der Waals surface area contributed by atoms with Crippen molar-refractivity contribution in [3.63, 3.8) is 0 Å². The van der Waals surface area contributed by atoms with E-state index in [-0.39, 0.29) is 31.1 Å². The van der Waals surface area contributed by atoms with Crippen LogP contribution in [0, 0.1) is 0 Å². The molecule has 6 nitrogen and oxygen atoms in total. The number of rotatable bonds is 38. The van der Waals surface area contributed by atoms with Crippen LogP contribution >= 0.6 is 0 Å². The van der Waals surface area contributed by atoms with Crippen molar-refractivity contribution in [1.29, 1.82) is 0 Å². The summed E-state index contributed by atoms with van der Waals surface area (Å²) < 4.78 is 16.6. The Morgan fingerprint density at radius 3 is 1.17 bits per heavy atom. The predicted molar refractivity (Wildman–Crippen MR) is 219 cm³/mol. The standard InChI is InChI=1S/C46H80O6/c1-4-7-10-13-16-18-20-22-23-25-26-28-30-33-36-39-45(48)51-42-43(41-50-44(47)38-35-32-15-12-9-6-3)52-46(49)40-37-34-31-29-27-24-21-19-17-14-11-8-5-2/h7,10,16,18,22-23,26,28,43H,4-6,8-9,11-15,17,19-21,24-25,27,29-42H2,1-3H3/b10-7-,18-16-,23-22-,28-26-. The summed E-state index contributed by atoms with van der Waals surface area (Å²) in [5, 5.41) is 0. The molecule has 300 valence electrons. The number of carbonyl (C=O) groups excluding carboxylic acids is 3. The number of unbranched alkanes of at least 4 members (excludes halogenated alkanes) is 19. The third kappa shape index (κ3) is 38.6. The highest BCUT2D eigenvalue weighted by molar-refractivity contribution is 5.71. The van der Waals surface area contributed by atoms with Crippen molar-refractivity contribution in [3.8, 4) is 0 Å². The second-order valence-corrected chi connectivity index (χ2v) is 14.2. The summed E-state index contributed by atoms with van der Waals surface area (Å²) in [4.78, 5) is 37.5. The molecule has 0 bridgehead atoms. The van der Waals surface area contributed by atoms with Crippen LogP contribution in [0.1, 0.15) is 207 Å². The Morgan fingerprint density at radius 1 is 0.404 bits per heavy atom. The van der Waals surface area contributed by atoms with Crippen LogP contribution in [-0.2, 0) is 28.6 Å². The zero-order valence-corrected chi connectivity index (χ0v) is 34.1. The number of hydrogen-bond donors (Lipinski definition) is 0. The molecule has 0 N–H and O–H groups in total. The van der Waals surface area contributed by atoms with Gasteiger partial charge in [0.1, 0.15) is 13.2 Å². The van der Waals surface area contributed by atoms with E-state index in [1.54, 1.807) is 0 Å². The maximum absolute atomic E-state index is 12.7. The summed E-state index contributed by atoms with van der Waals surface area (Å²) in [6.07, 6.45) is 46.8. The topological polar surface area (TPSA) is 78.9 Å². The fourth-order valence-corrected chi connectivity index (χ4v) is 5.84. The normalized spacial score (nSPS) is 12.4. The van der Waals surface area contributed by atoms with Crippen LogP contribution in [0.5, 0.6) is 0 Å². The first-order chi connectivity index (χ1) is 25.5. The average Bonchev–Trinajstić information content (AvgIpc) is 3.14. The van der Waals surface area contributed by atoms with Gasteiger partial charge in [0.05, 0.1) is 0 Å². The predicted octanol–water partition coefficient (Wildman–Crippen LogP) is 13.6. The first-order valence-electron chi connectivity index (χ1n) is 21.6. The molecule has 0 aliphatic carbocycles. The molecule has 0 fully saturated rings. The summed E-state index contributed by atoms with van der Waals surface area (Å²) in [6, 6.07) is 0. The molecule has 0 heterocycles. The van der Waals surface area contributed by atoms with Crippen molar-refractivity contribution in [2.24, 2.45) is 0 Å². The van der Waals surface area contributed by atoms with Crippen LogP contribution in [-0.4, -0.2) is 37.2 Å². The van der Waals surface area contributed by atoms with E-state index in [4.69, 9.17) is 14.2 Å². The summed E-state index contributed by atoms with van der Waals surface area (Å²) in [7, 11) is 0. The molecule has 0 aliphatic rings. The minimum atomic E-state index is -0.781. The van der Waals surface area contributed by atoms with E-state index >= 15 is 0 Å². The van der Waals surface area contributed by atoms with Crippen molar-refractivity contribution in [2.45, 2.75) is 213 Å². The van der Waals surface area contributed by atoms with Crippen LogP contribution in [0.3, 0.4) is 0 Å². The first kappa shape index (κ1) is 49.4.